The lowest BCUT2D eigenvalue weighted by Crippen LogP contribution is -2.46. The Morgan fingerprint density at radius 2 is 1.66 bits per heavy atom. The van der Waals surface area contributed by atoms with Gasteiger partial charge in [0.15, 0.2) is 5.78 Å². The van der Waals surface area contributed by atoms with E-state index in [0.29, 0.717) is 16.1 Å². The van der Waals surface area contributed by atoms with Crippen LogP contribution >= 0.6 is 11.3 Å². The van der Waals surface area contributed by atoms with E-state index in [4.69, 9.17) is 15.2 Å². The molecule has 3 atom stereocenters. The number of ether oxygens (including phenoxy) is 2. The molecular formula is C30H25F3N2O5S. The predicted octanol–water partition coefficient (Wildman–Crippen LogP) is 5.51. The minimum Gasteiger partial charge on any atom is -0.468 e. The molecule has 1 aliphatic heterocycles. The summed E-state index contributed by atoms with van der Waals surface area (Å²) in [5, 5.41) is 1.78. The number of allylic oxidation sites excluding steroid dienone is 2. The number of alkyl halides is 3. The predicted molar refractivity (Wildman–Crippen MR) is 146 cm³/mol. The number of thiophene rings is 1. The van der Waals surface area contributed by atoms with E-state index in [2.05, 4.69) is 0 Å². The number of carbonyl (C=O) groups excluding carboxylic acids is 3. The van der Waals surface area contributed by atoms with Crippen LogP contribution < -0.4 is 10.6 Å². The van der Waals surface area contributed by atoms with Gasteiger partial charge in [-0.3, -0.25) is 14.5 Å². The van der Waals surface area contributed by atoms with Crippen molar-refractivity contribution in [3.63, 3.8) is 0 Å². The van der Waals surface area contributed by atoms with Crippen LogP contribution in [0.4, 0.5) is 18.9 Å². The van der Waals surface area contributed by atoms with Crippen molar-refractivity contribution in [2.75, 3.05) is 19.1 Å². The lowest BCUT2D eigenvalue weighted by molar-refractivity contribution is -0.150. The van der Waals surface area contributed by atoms with E-state index in [9.17, 15) is 27.6 Å². The van der Waals surface area contributed by atoms with E-state index in [1.165, 1.54) is 42.6 Å². The maximum atomic E-state index is 14.4. The van der Waals surface area contributed by atoms with Crippen LogP contribution in [0, 0.1) is 5.92 Å². The number of carbonyl (C=O) groups is 3. The number of anilines is 1. The van der Waals surface area contributed by atoms with Crippen LogP contribution in [-0.2, 0) is 30.0 Å². The molecule has 0 saturated heterocycles. The molecule has 0 bridgehead atoms. The molecule has 1 aliphatic carbocycles. The van der Waals surface area contributed by atoms with Crippen molar-refractivity contribution in [3.05, 3.63) is 111 Å². The number of methoxy groups -OCH3 is 2. The van der Waals surface area contributed by atoms with Gasteiger partial charge < -0.3 is 15.2 Å². The Bertz CT molecular complexity index is 1550. The van der Waals surface area contributed by atoms with Crippen LogP contribution in [0.15, 0.2) is 94.8 Å². The molecule has 1 aromatic heterocycles. The highest BCUT2D eigenvalue weighted by Gasteiger charge is 2.51. The van der Waals surface area contributed by atoms with Crippen molar-refractivity contribution in [2.24, 2.45) is 11.7 Å². The van der Waals surface area contributed by atoms with Gasteiger partial charge in [0.1, 0.15) is 11.7 Å². The summed E-state index contributed by atoms with van der Waals surface area (Å²) in [5.74, 6) is -5.03. The van der Waals surface area contributed by atoms with Gasteiger partial charge in [0.25, 0.3) is 0 Å². The molecule has 5 rings (SSSR count). The third-order valence-electron chi connectivity index (χ3n) is 7.41. The van der Waals surface area contributed by atoms with Crippen LogP contribution in [0.5, 0.6) is 0 Å². The second-order valence-corrected chi connectivity index (χ2v) is 10.5. The van der Waals surface area contributed by atoms with Gasteiger partial charge in [-0.2, -0.15) is 13.2 Å². The maximum Gasteiger partial charge on any atom is 0.416 e. The average Bonchev–Trinajstić information content (AvgIpc) is 3.50. The first-order valence-electron chi connectivity index (χ1n) is 12.6. The Hall–Kier alpha value is -4.38. The van der Waals surface area contributed by atoms with Gasteiger partial charge in [0, 0.05) is 27.8 Å². The molecule has 2 heterocycles. The minimum atomic E-state index is -4.57. The number of ketones is 1. The quantitative estimate of drug-likeness (QED) is 0.313. The minimum absolute atomic E-state index is 0.0521. The summed E-state index contributed by atoms with van der Waals surface area (Å²) < 4.78 is 50.2. The maximum absolute atomic E-state index is 14.4. The molecule has 0 unspecified atom stereocenters. The average molecular weight is 583 g/mol. The lowest BCUT2D eigenvalue weighted by Gasteiger charge is -2.43. The molecule has 41 heavy (non-hydrogen) atoms. The number of nitrogens with zero attached hydrogens (tertiary/aromatic N) is 1. The fourth-order valence-corrected chi connectivity index (χ4v) is 6.43. The number of hydrogen-bond acceptors (Lipinski definition) is 8. The van der Waals surface area contributed by atoms with Gasteiger partial charge >= 0.3 is 18.1 Å². The van der Waals surface area contributed by atoms with Crippen molar-refractivity contribution < 1.29 is 37.0 Å². The fraction of sp³-hybridized carbons (Fsp3) is 0.233. The first-order chi connectivity index (χ1) is 19.6. The van der Waals surface area contributed by atoms with E-state index in [0.717, 1.165) is 12.1 Å². The number of nitrogens with two attached hydrogens (primary N) is 1. The summed E-state index contributed by atoms with van der Waals surface area (Å²) in [6, 6.07) is 16.7. The summed E-state index contributed by atoms with van der Waals surface area (Å²) >= 11 is 1.29. The van der Waals surface area contributed by atoms with Gasteiger partial charge in [-0.15, -0.1) is 11.3 Å². The Labute approximate surface area is 237 Å². The van der Waals surface area contributed by atoms with E-state index in [1.54, 1.807) is 47.8 Å². The smallest absolute Gasteiger partial charge is 0.416 e. The molecule has 11 heteroatoms. The lowest BCUT2D eigenvalue weighted by atomic mass is 9.68. The first kappa shape index (κ1) is 28.2. The number of halogens is 3. The molecule has 0 radical (unpaired) electrons. The van der Waals surface area contributed by atoms with Crippen LogP contribution in [0.2, 0.25) is 0 Å². The van der Waals surface area contributed by atoms with Crippen molar-refractivity contribution in [2.45, 2.75) is 24.4 Å². The molecule has 2 aromatic carbocycles. The number of hydrogen-bond donors (Lipinski definition) is 1. The van der Waals surface area contributed by atoms with Crippen molar-refractivity contribution in [1.29, 1.82) is 0 Å². The highest BCUT2D eigenvalue weighted by molar-refractivity contribution is 7.10. The molecule has 2 aliphatic rings. The van der Waals surface area contributed by atoms with E-state index in [1.807, 2.05) is 0 Å². The molecular weight excluding hydrogens is 557 g/mol. The van der Waals surface area contributed by atoms with Crippen molar-refractivity contribution >= 4 is 34.7 Å². The molecule has 0 saturated carbocycles. The number of benzene rings is 2. The van der Waals surface area contributed by atoms with Crippen molar-refractivity contribution in [3.8, 4) is 0 Å². The number of rotatable bonds is 5. The molecule has 2 N–H and O–H groups in total. The molecule has 0 spiro atoms. The highest BCUT2D eigenvalue weighted by Crippen LogP contribution is 2.52. The topological polar surface area (TPSA) is 98.9 Å². The summed E-state index contributed by atoms with van der Waals surface area (Å²) in [6.45, 7) is 0. The van der Waals surface area contributed by atoms with Gasteiger partial charge in [0.05, 0.1) is 31.3 Å². The zero-order valence-electron chi connectivity index (χ0n) is 22.0. The first-order valence-corrected chi connectivity index (χ1v) is 13.4. The van der Waals surface area contributed by atoms with Gasteiger partial charge in [-0.1, -0.05) is 36.4 Å². The third-order valence-corrected chi connectivity index (χ3v) is 8.34. The van der Waals surface area contributed by atoms with Crippen LogP contribution in [0.3, 0.4) is 0 Å². The van der Waals surface area contributed by atoms with Crippen molar-refractivity contribution in [1.82, 2.24) is 0 Å². The van der Waals surface area contributed by atoms with Crippen LogP contribution in [-0.4, -0.2) is 31.9 Å². The second kappa shape index (κ2) is 10.9. The van der Waals surface area contributed by atoms with Gasteiger partial charge in [-0.25, -0.2) is 4.79 Å². The van der Waals surface area contributed by atoms with Gasteiger partial charge in [-0.05, 0) is 47.7 Å². The standard InChI is InChI=1S/C30H25F3N2O5S/c1-39-28(37)22-19(16-7-4-3-5-8-16)15-20-23(26(22)36)24(21-9-6-14-41-21)25(29(38)40-2)27(34)35(20)18-12-10-17(11-13-18)30(31,32)33/h3-14,19,22,24H,15,34H2,1-2H3/t19-,22+,24+/m0/s1. The highest BCUT2D eigenvalue weighted by atomic mass is 32.1. The van der Waals surface area contributed by atoms with E-state index >= 15 is 0 Å². The van der Waals surface area contributed by atoms with Gasteiger partial charge in [0.2, 0.25) is 0 Å². The molecule has 7 nitrogen and oxygen atoms in total. The summed E-state index contributed by atoms with van der Waals surface area (Å²) in [4.78, 5) is 42.8. The third kappa shape index (κ3) is 4.90. The number of Topliss-reactive ketones (excluding diaryl/α,β-unsaturated/α-hetero) is 1. The summed E-state index contributed by atoms with van der Waals surface area (Å²) in [5.41, 5.74) is 7.18. The van der Waals surface area contributed by atoms with E-state index in [-0.39, 0.29) is 29.1 Å². The fourth-order valence-electron chi connectivity index (χ4n) is 5.58. The Morgan fingerprint density at radius 1 is 0.976 bits per heavy atom. The van der Waals surface area contributed by atoms with Crippen LogP contribution in [0.25, 0.3) is 0 Å². The second-order valence-electron chi connectivity index (χ2n) is 9.57. The zero-order chi connectivity index (χ0) is 29.5. The molecule has 212 valence electrons. The Balaban J connectivity index is 1.79. The largest absolute Gasteiger partial charge is 0.468 e. The number of esters is 2. The summed E-state index contributed by atoms with van der Waals surface area (Å²) in [6.07, 6.45) is -4.45. The summed E-state index contributed by atoms with van der Waals surface area (Å²) in [7, 11) is 2.37. The normalized spacial score (nSPS) is 21.0. The van der Waals surface area contributed by atoms with Crippen LogP contribution in [0.1, 0.15) is 34.3 Å². The Morgan fingerprint density at radius 3 is 2.22 bits per heavy atom. The SMILES string of the molecule is COC(=O)C1=C(N)N(c2ccc(C(F)(F)F)cc2)C2=C(C(=O)[C@H](C(=O)OC)[C@H](c3ccccc3)C2)[C@H]1c1cccs1. The molecule has 3 aromatic rings. The molecule has 0 fully saturated rings. The monoisotopic (exact) mass is 582 g/mol. The molecule has 0 amide bonds. The zero-order valence-corrected chi connectivity index (χ0v) is 22.8. The Kier molecular flexibility index (Phi) is 7.48. The van der Waals surface area contributed by atoms with E-state index < -0.39 is 47.2 Å².